The number of nitroso groups, excluding NO2 is 1. The lowest BCUT2D eigenvalue weighted by molar-refractivity contribution is -0.130. The molecule has 1 N–H and O–H groups in total. The summed E-state index contributed by atoms with van der Waals surface area (Å²) < 4.78 is 22.4. The number of hydrogen-bond donors (Lipinski definition) is 1. The van der Waals surface area contributed by atoms with Gasteiger partial charge in [0.05, 0.1) is 5.75 Å². The van der Waals surface area contributed by atoms with Gasteiger partial charge in [-0.25, -0.2) is 8.42 Å². The van der Waals surface area contributed by atoms with Crippen molar-refractivity contribution in [3.8, 4) is 5.75 Å². The van der Waals surface area contributed by atoms with Gasteiger partial charge in [0.15, 0.2) is 0 Å². The summed E-state index contributed by atoms with van der Waals surface area (Å²) in [4.78, 5) is 27.1. The normalized spacial score (nSPS) is 21.3. The maximum absolute atomic E-state index is 12.2. The lowest BCUT2D eigenvalue weighted by Crippen LogP contribution is -2.51. The molecule has 1 unspecified atom stereocenters. The lowest BCUT2D eigenvalue weighted by atomic mass is 9.88. The second-order valence-corrected chi connectivity index (χ2v) is 9.87. The van der Waals surface area contributed by atoms with E-state index < -0.39 is 9.84 Å². The van der Waals surface area contributed by atoms with Gasteiger partial charge in [-0.2, -0.15) is 0 Å². The van der Waals surface area contributed by atoms with Gasteiger partial charge in [-0.15, -0.1) is 4.91 Å². The molecule has 9 heteroatoms. The first-order valence-electron chi connectivity index (χ1n) is 9.04. The van der Waals surface area contributed by atoms with Crippen LogP contribution in [0.1, 0.15) is 29.9 Å². The number of carbonyl (C=O) groups excluding carboxylic acids is 1. The van der Waals surface area contributed by atoms with Crippen LogP contribution in [0.4, 0.5) is 5.69 Å². The van der Waals surface area contributed by atoms with Crippen molar-refractivity contribution in [2.24, 2.45) is 5.18 Å². The predicted octanol–water partition coefficient (Wildman–Crippen LogP) is 1.53. The molecule has 2 aliphatic rings. The first-order valence-corrected chi connectivity index (χ1v) is 11.1. The van der Waals surface area contributed by atoms with Crippen LogP contribution in [0.5, 0.6) is 5.75 Å². The van der Waals surface area contributed by atoms with Gasteiger partial charge in [0.2, 0.25) is 5.91 Å². The van der Waals surface area contributed by atoms with E-state index in [1.807, 2.05) is 6.07 Å². The molecule has 27 heavy (non-hydrogen) atoms. The van der Waals surface area contributed by atoms with Crippen LogP contribution in [0, 0.1) is 11.8 Å². The Morgan fingerprint density at radius 1 is 1.30 bits per heavy atom. The second-order valence-electron chi connectivity index (χ2n) is 7.61. The number of hydrogen-bond acceptors (Lipinski definition) is 7. The van der Waals surface area contributed by atoms with Gasteiger partial charge in [0.1, 0.15) is 21.3 Å². The summed E-state index contributed by atoms with van der Waals surface area (Å²) in [5.41, 5.74) is 1.71. The highest BCUT2D eigenvalue weighted by atomic mass is 32.2. The largest absolute Gasteiger partial charge is 0.505 e. The molecule has 0 aliphatic carbocycles. The summed E-state index contributed by atoms with van der Waals surface area (Å²) in [7, 11) is -3.13. The van der Waals surface area contributed by atoms with Gasteiger partial charge in [-0.1, -0.05) is 6.07 Å². The summed E-state index contributed by atoms with van der Waals surface area (Å²) in [6, 6.07) is 3.82. The number of sulfone groups is 1. The quantitative estimate of drug-likeness (QED) is 0.732. The lowest BCUT2D eigenvalue weighted by Gasteiger charge is -2.43. The van der Waals surface area contributed by atoms with E-state index in [0.29, 0.717) is 18.7 Å². The van der Waals surface area contributed by atoms with Crippen LogP contribution in [-0.2, 0) is 14.6 Å². The van der Waals surface area contributed by atoms with E-state index >= 15 is 0 Å². The van der Waals surface area contributed by atoms with Crippen LogP contribution in [0.15, 0.2) is 17.3 Å². The van der Waals surface area contributed by atoms with E-state index in [1.54, 1.807) is 17.9 Å². The number of rotatable bonds is 6. The van der Waals surface area contributed by atoms with Gasteiger partial charge in [0.25, 0.3) is 0 Å². The molecule has 1 atom stereocenters. The zero-order valence-corrected chi connectivity index (χ0v) is 16.4. The van der Waals surface area contributed by atoms with Crippen molar-refractivity contribution in [2.75, 3.05) is 38.2 Å². The Morgan fingerprint density at radius 3 is 2.63 bits per heavy atom. The zero-order valence-electron chi connectivity index (χ0n) is 15.6. The average molecular weight is 395 g/mol. The summed E-state index contributed by atoms with van der Waals surface area (Å²) >= 11 is 0. The predicted molar refractivity (Wildman–Crippen MR) is 102 cm³/mol. The first kappa shape index (κ1) is 19.8. The molecule has 1 aromatic carbocycles. The first-order chi connectivity index (χ1) is 12.7. The number of aromatic hydroxyl groups is 1. The van der Waals surface area contributed by atoms with Crippen molar-refractivity contribution >= 4 is 21.4 Å². The Kier molecular flexibility index (Phi) is 5.53. The topological polar surface area (TPSA) is 107 Å². The molecular formula is C18H25N3O5S. The highest BCUT2D eigenvalue weighted by Gasteiger charge is 2.38. The molecule has 2 aliphatic heterocycles. The number of likely N-dealkylation sites (tertiary alicyclic amines) is 2. The van der Waals surface area contributed by atoms with Crippen LogP contribution < -0.4 is 0 Å². The van der Waals surface area contributed by atoms with Gasteiger partial charge in [0, 0.05) is 50.8 Å². The Hall–Kier alpha value is -2.00. The number of aryl methyl sites for hydroxylation is 1. The molecule has 0 bridgehead atoms. The van der Waals surface area contributed by atoms with Crippen molar-refractivity contribution in [3.63, 3.8) is 0 Å². The van der Waals surface area contributed by atoms with E-state index in [1.165, 1.54) is 0 Å². The Bertz CT molecular complexity index is 849. The molecule has 1 aromatic rings. The number of phenols is 1. The fourth-order valence-electron chi connectivity index (χ4n) is 3.81. The molecule has 0 saturated carbocycles. The molecule has 148 valence electrons. The number of benzene rings is 1. The third-order valence-corrected chi connectivity index (χ3v) is 6.45. The third-order valence-electron chi connectivity index (χ3n) is 5.50. The van der Waals surface area contributed by atoms with Crippen LogP contribution >= 0.6 is 0 Å². The molecule has 2 fully saturated rings. The molecular weight excluding hydrogens is 370 g/mol. The summed E-state index contributed by atoms with van der Waals surface area (Å²) in [5, 5.41) is 12.7. The Labute approximate surface area is 159 Å². The maximum atomic E-state index is 12.2. The van der Waals surface area contributed by atoms with Gasteiger partial charge < -0.3 is 10.0 Å². The van der Waals surface area contributed by atoms with Gasteiger partial charge in [-0.3, -0.25) is 9.69 Å². The molecule has 2 saturated heterocycles. The van der Waals surface area contributed by atoms with Crippen molar-refractivity contribution in [3.05, 3.63) is 28.2 Å². The summed E-state index contributed by atoms with van der Waals surface area (Å²) in [6.45, 7) is 4.70. The molecule has 1 amide bonds. The van der Waals surface area contributed by atoms with Crippen molar-refractivity contribution in [1.29, 1.82) is 0 Å². The van der Waals surface area contributed by atoms with Crippen molar-refractivity contribution < 1.29 is 18.3 Å². The standard InChI is InChI=1S/C18H25N3O5S/c1-12-7-13(8-16(19-24)18(12)23)14-9-21(10-14)15-3-5-20(11-15)17(22)4-6-27(2,25)26/h7-8,14-15,23H,3-6,9-11H2,1-2H3. The Morgan fingerprint density at radius 2 is 2.00 bits per heavy atom. The fraction of sp³-hybridized carbons (Fsp3) is 0.611. The highest BCUT2D eigenvalue weighted by molar-refractivity contribution is 7.90. The van der Waals surface area contributed by atoms with Crippen LogP contribution in [0.2, 0.25) is 0 Å². The van der Waals surface area contributed by atoms with E-state index in [2.05, 4.69) is 10.1 Å². The van der Waals surface area contributed by atoms with Gasteiger partial charge in [-0.05, 0) is 35.7 Å². The van der Waals surface area contributed by atoms with E-state index in [9.17, 15) is 23.2 Å². The van der Waals surface area contributed by atoms with Crippen LogP contribution in [0.3, 0.4) is 0 Å². The van der Waals surface area contributed by atoms with E-state index in [4.69, 9.17) is 0 Å². The highest BCUT2D eigenvalue weighted by Crippen LogP contribution is 2.38. The molecule has 0 spiro atoms. The minimum atomic E-state index is -3.13. The molecule has 0 aromatic heterocycles. The van der Waals surface area contributed by atoms with Gasteiger partial charge >= 0.3 is 0 Å². The van der Waals surface area contributed by atoms with Crippen molar-refractivity contribution in [2.45, 2.75) is 31.7 Å². The number of amides is 1. The Balaban J connectivity index is 1.53. The number of phenolic OH excluding ortho intramolecular Hbond substituents is 1. The molecule has 2 heterocycles. The maximum Gasteiger partial charge on any atom is 0.223 e. The summed E-state index contributed by atoms with van der Waals surface area (Å²) in [6.07, 6.45) is 2.07. The van der Waals surface area contributed by atoms with E-state index in [-0.39, 0.29) is 41.5 Å². The monoisotopic (exact) mass is 395 g/mol. The molecule has 3 rings (SSSR count). The minimum absolute atomic E-state index is 0.0441. The number of nitrogens with zero attached hydrogens (tertiary/aromatic N) is 3. The summed E-state index contributed by atoms with van der Waals surface area (Å²) in [5.74, 6) is 0.00569. The third kappa shape index (κ3) is 4.47. The molecule has 8 nitrogen and oxygen atoms in total. The smallest absolute Gasteiger partial charge is 0.223 e. The number of carbonyl (C=O) groups is 1. The minimum Gasteiger partial charge on any atom is -0.505 e. The average Bonchev–Trinajstić information content (AvgIpc) is 3.03. The molecule has 0 radical (unpaired) electrons. The fourth-order valence-corrected chi connectivity index (χ4v) is 4.36. The SMILES string of the molecule is Cc1cc(C2CN(C3CCN(C(=O)CCS(C)(=O)=O)C3)C2)cc(N=O)c1O. The van der Waals surface area contributed by atoms with E-state index in [0.717, 1.165) is 31.3 Å². The van der Waals surface area contributed by atoms with Crippen LogP contribution in [-0.4, -0.2) is 73.5 Å². The zero-order chi connectivity index (χ0) is 19.8. The van der Waals surface area contributed by atoms with Crippen molar-refractivity contribution in [1.82, 2.24) is 9.80 Å². The van der Waals surface area contributed by atoms with Crippen LogP contribution in [0.25, 0.3) is 0 Å². The second kappa shape index (κ2) is 7.55.